The SMILES string of the molecule is CN(Cc1ccc(Br)o1)c1nccc(N2CCOCC2)n1. The summed E-state index contributed by atoms with van der Waals surface area (Å²) < 4.78 is 11.6. The van der Waals surface area contributed by atoms with Gasteiger partial charge in [0.25, 0.3) is 0 Å². The maximum Gasteiger partial charge on any atom is 0.227 e. The largest absolute Gasteiger partial charge is 0.452 e. The number of ether oxygens (including phenoxy) is 1. The van der Waals surface area contributed by atoms with Crippen molar-refractivity contribution in [3.63, 3.8) is 0 Å². The zero-order valence-electron chi connectivity index (χ0n) is 11.8. The van der Waals surface area contributed by atoms with E-state index in [0.29, 0.717) is 12.5 Å². The molecule has 0 unspecified atom stereocenters. The molecular weight excluding hydrogens is 336 g/mol. The number of nitrogens with zero attached hydrogens (tertiary/aromatic N) is 4. The summed E-state index contributed by atoms with van der Waals surface area (Å²) in [6, 6.07) is 5.76. The van der Waals surface area contributed by atoms with E-state index in [1.165, 1.54) is 0 Å². The summed E-state index contributed by atoms with van der Waals surface area (Å²) in [4.78, 5) is 13.2. The fourth-order valence-corrected chi connectivity index (χ4v) is 2.57. The third-order valence-corrected chi connectivity index (χ3v) is 3.75. The van der Waals surface area contributed by atoms with E-state index >= 15 is 0 Å². The Morgan fingerprint density at radius 1 is 1.29 bits per heavy atom. The van der Waals surface area contributed by atoms with E-state index < -0.39 is 0 Å². The molecule has 0 radical (unpaired) electrons. The summed E-state index contributed by atoms with van der Waals surface area (Å²) in [5.74, 6) is 2.49. The topological polar surface area (TPSA) is 54.6 Å². The predicted octanol–water partition coefficient (Wildman–Crippen LogP) is 2.31. The van der Waals surface area contributed by atoms with Gasteiger partial charge in [-0.1, -0.05) is 0 Å². The van der Waals surface area contributed by atoms with Gasteiger partial charge in [0.1, 0.15) is 11.6 Å². The Labute approximate surface area is 131 Å². The molecule has 1 aliphatic heterocycles. The Kier molecular flexibility index (Phi) is 4.40. The van der Waals surface area contributed by atoms with Gasteiger partial charge in [0, 0.05) is 26.3 Å². The van der Waals surface area contributed by atoms with Gasteiger partial charge in [-0.2, -0.15) is 4.98 Å². The quantitative estimate of drug-likeness (QED) is 0.841. The lowest BCUT2D eigenvalue weighted by molar-refractivity contribution is 0.122. The van der Waals surface area contributed by atoms with Crippen molar-refractivity contribution in [2.24, 2.45) is 0 Å². The second-order valence-electron chi connectivity index (χ2n) is 4.88. The van der Waals surface area contributed by atoms with Crippen LogP contribution in [0.1, 0.15) is 5.76 Å². The highest BCUT2D eigenvalue weighted by Gasteiger charge is 2.15. The van der Waals surface area contributed by atoms with Crippen molar-refractivity contribution in [3.05, 3.63) is 34.8 Å². The average Bonchev–Trinajstić information content (AvgIpc) is 2.93. The van der Waals surface area contributed by atoms with Crippen LogP contribution in [0.25, 0.3) is 0 Å². The van der Waals surface area contributed by atoms with Crippen molar-refractivity contribution < 1.29 is 9.15 Å². The summed E-state index contributed by atoms with van der Waals surface area (Å²) in [7, 11) is 1.95. The summed E-state index contributed by atoms with van der Waals surface area (Å²) in [6.07, 6.45) is 1.79. The molecule has 0 spiro atoms. The minimum Gasteiger partial charge on any atom is -0.452 e. The number of morpholine rings is 1. The van der Waals surface area contributed by atoms with Crippen LogP contribution in [0.3, 0.4) is 0 Å². The van der Waals surface area contributed by atoms with Crippen molar-refractivity contribution in [1.29, 1.82) is 0 Å². The maximum absolute atomic E-state index is 5.51. The standard InChI is InChI=1S/C14H17BrN4O2/c1-18(10-11-2-3-12(15)21-11)14-16-5-4-13(17-14)19-6-8-20-9-7-19/h2-5H,6-10H2,1H3. The highest BCUT2D eigenvalue weighted by atomic mass is 79.9. The summed E-state index contributed by atoms with van der Waals surface area (Å²) in [5, 5.41) is 0. The first-order chi connectivity index (χ1) is 10.2. The fourth-order valence-electron chi connectivity index (χ4n) is 2.23. The lowest BCUT2D eigenvalue weighted by atomic mass is 10.4. The van der Waals surface area contributed by atoms with Crippen molar-refractivity contribution in [1.82, 2.24) is 9.97 Å². The molecule has 2 aromatic heterocycles. The molecule has 6 nitrogen and oxygen atoms in total. The molecule has 0 saturated carbocycles. The Morgan fingerprint density at radius 3 is 2.81 bits per heavy atom. The Hall–Kier alpha value is -1.60. The van der Waals surface area contributed by atoms with Crippen molar-refractivity contribution in [3.8, 4) is 0 Å². The molecular formula is C14H17BrN4O2. The molecule has 1 aliphatic rings. The van der Waals surface area contributed by atoms with Gasteiger partial charge in [-0.15, -0.1) is 0 Å². The Bertz CT molecular complexity index is 598. The normalized spacial score (nSPS) is 15.2. The summed E-state index contributed by atoms with van der Waals surface area (Å²) in [6.45, 7) is 3.85. The van der Waals surface area contributed by atoms with Crippen LogP contribution in [0, 0.1) is 0 Å². The second kappa shape index (κ2) is 6.44. The molecule has 3 heterocycles. The van der Waals surface area contributed by atoms with Crippen LogP contribution in [-0.4, -0.2) is 43.3 Å². The third kappa shape index (κ3) is 3.54. The second-order valence-corrected chi connectivity index (χ2v) is 5.66. The van der Waals surface area contributed by atoms with Crippen LogP contribution in [0.5, 0.6) is 0 Å². The number of furan rings is 1. The van der Waals surface area contributed by atoms with Crippen LogP contribution in [0.2, 0.25) is 0 Å². The first-order valence-corrected chi connectivity index (χ1v) is 7.63. The van der Waals surface area contributed by atoms with Crippen LogP contribution in [0.15, 0.2) is 33.5 Å². The fraction of sp³-hybridized carbons (Fsp3) is 0.429. The molecule has 0 atom stereocenters. The van der Waals surface area contributed by atoms with Gasteiger partial charge in [0.15, 0.2) is 4.67 Å². The molecule has 7 heteroatoms. The highest BCUT2D eigenvalue weighted by Crippen LogP contribution is 2.19. The molecule has 0 bridgehead atoms. The molecule has 1 fully saturated rings. The molecule has 0 amide bonds. The predicted molar refractivity (Wildman–Crippen MR) is 83.6 cm³/mol. The lowest BCUT2D eigenvalue weighted by Gasteiger charge is -2.28. The van der Waals surface area contributed by atoms with E-state index in [-0.39, 0.29) is 0 Å². The molecule has 0 aliphatic carbocycles. The Morgan fingerprint density at radius 2 is 2.10 bits per heavy atom. The summed E-state index contributed by atoms with van der Waals surface area (Å²) in [5.41, 5.74) is 0. The van der Waals surface area contributed by atoms with E-state index in [9.17, 15) is 0 Å². The Balaban J connectivity index is 1.72. The van der Waals surface area contributed by atoms with Crippen molar-refractivity contribution in [2.75, 3.05) is 43.2 Å². The van der Waals surface area contributed by atoms with Gasteiger partial charge in [-0.05, 0) is 34.1 Å². The molecule has 112 valence electrons. The minimum atomic E-state index is 0.623. The number of aromatic nitrogens is 2. The monoisotopic (exact) mass is 352 g/mol. The van der Waals surface area contributed by atoms with Crippen LogP contribution >= 0.6 is 15.9 Å². The number of halogens is 1. The van der Waals surface area contributed by atoms with Crippen LogP contribution < -0.4 is 9.80 Å². The zero-order chi connectivity index (χ0) is 14.7. The first-order valence-electron chi connectivity index (χ1n) is 6.83. The number of hydrogen-bond acceptors (Lipinski definition) is 6. The van der Waals surface area contributed by atoms with E-state index in [0.717, 1.165) is 42.6 Å². The van der Waals surface area contributed by atoms with Gasteiger partial charge in [0.2, 0.25) is 5.95 Å². The number of rotatable bonds is 4. The maximum atomic E-state index is 5.51. The van der Waals surface area contributed by atoms with Gasteiger partial charge in [-0.3, -0.25) is 0 Å². The third-order valence-electron chi connectivity index (χ3n) is 3.33. The van der Waals surface area contributed by atoms with Gasteiger partial charge >= 0.3 is 0 Å². The van der Waals surface area contributed by atoms with E-state index in [1.807, 2.05) is 30.1 Å². The zero-order valence-corrected chi connectivity index (χ0v) is 13.4. The minimum absolute atomic E-state index is 0.623. The molecule has 0 aromatic carbocycles. The van der Waals surface area contributed by atoms with Gasteiger partial charge < -0.3 is 19.0 Å². The molecule has 0 N–H and O–H groups in total. The van der Waals surface area contributed by atoms with E-state index in [4.69, 9.17) is 9.15 Å². The average molecular weight is 353 g/mol. The lowest BCUT2D eigenvalue weighted by Crippen LogP contribution is -2.37. The number of hydrogen-bond donors (Lipinski definition) is 0. The van der Waals surface area contributed by atoms with Gasteiger partial charge in [-0.25, -0.2) is 4.98 Å². The molecule has 21 heavy (non-hydrogen) atoms. The first kappa shape index (κ1) is 14.3. The smallest absolute Gasteiger partial charge is 0.227 e. The number of anilines is 2. The molecule has 2 aromatic rings. The molecule has 1 saturated heterocycles. The highest BCUT2D eigenvalue weighted by molar-refractivity contribution is 9.10. The molecule has 3 rings (SSSR count). The summed E-state index contributed by atoms with van der Waals surface area (Å²) >= 11 is 3.31. The van der Waals surface area contributed by atoms with Crippen LogP contribution in [0.4, 0.5) is 11.8 Å². The van der Waals surface area contributed by atoms with E-state index in [1.54, 1.807) is 6.20 Å². The van der Waals surface area contributed by atoms with Crippen LogP contribution in [-0.2, 0) is 11.3 Å². The van der Waals surface area contributed by atoms with Gasteiger partial charge in [0.05, 0.1) is 19.8 Å². The van der Waals surface area contributed by atoms with Crippen molar-refractivity contribution in [2.45, 2.75) is 6.54 Å². The van der Waals surface area contributed by atoms with E-state index in [2.05, 4.69) is 30.8 Å². The van der Waals surface area contributed by atoms with Crippen molar-refractivity contribution >= 4 is 27.7 Å².